The molecule has 0 aliphatic carbocycles. The summed E-state index contributed by atoms with van der Waals surface area (Å²) in [5.41, 5.74) is 0. The SMILES string of the molecule is O=S1(=O)C(I)=CC=C1I. The molecule has 2 nitrogen and oxygen atoms in total. The summed E-state index contributed by atoms with van der Waals surface area (Å²) in [5, 5.41) is 0. The van der Waals surface area contributed by atoms with Gasteiger partial charge in [0.05, 0.1) is 0 Å². The second kappa shape index (κ2) is 2.50. The van der Waals surface area contributed by atoms with E-state index in [4.69, 9.17) is 0 Å². The smallest absolute Gasteiger partial charge is 0.218 e. The molecule has 0 aromatic rings. The molecular weight excluding hydrogens is 366 g/mol. The molecule has 0 spiro atoms. The Morgan fingerprint density at radius 1 is 1.11 bits per heavy atom. The van der Waals surface area contributed by atoms with E-state index in [1.807, 2.05) is 0 Å². The summed E-state index contributed by atoms with van der Waals surface area (Å²) in [4.78, 5) is 0. The van der Waals surface area contributed by atoms with Gasteiger partial charge in [-0.3, -0.25) is 0 Å². The van der Waals surface area contributed by atoms with Gasteiger partial charge in [-0.25, -0.2) is 8.42 Å². The zero-order chi connectivity index (χ0) is 7.07. The molecule has 0 bridgehead atoms. The minimum absolute atomic E-state index is 0.407. The van der Waals surface area contributed by atoms with Crippen molar-refractivity contribution in [1.29, 1.82) is 0 Å². The van der Waals surface area contributed by atoms with Gasteiger partial charge in [-0.2, -0.15) is 0 Å². The summed E-state index contributed by atoms with van der Waals surface area (Å²) in [5.74, 6) is 0. The largest absolute Gasteiger partial charge is 0.218 e. The third-order valence-corrected chi connectivity index (χ3v) is 6.36. The first-order valence-electron chi connectivity index (χ1n) is 2.03. The molecule has 1 aliphatic rings. The van der Waals surface area contributed by atoms with Gasteiger partial charge in [0, 0.05) is 0 Å². The Labute approximate surface area is 80.6 Å². The first-order valence-corrected chi connectivity index (χ1v) is 5.67. The highest BCUT2D eigenvalue weighted by molar-refractivity contribution is 14.1. The van der Waals surface area contributed by atoms with E-state index >= 15 is 0 Å². The second-order valence-electron chi connectivity index (χ2n) is 1.44. The van der Waals surface area contributed by atoms with Gasteiger partial charge in [-0.15, -0.1) is 0 Å². The maximum Gasteiger partial charge on any atom is 0.218 e. The fourth-order valence-electron chi connectivity index (χ4n) is 0.403. The molecule has 0 aromatic heterocycles. The van der Waals surface area contributed by atoms with E-state index in [-0.39, 0.29) is 0 Å². The first kappa shape index (κ1) is 7.99. The van der Waals surface area contributed by atoms with E-state index < -0.39 is 9.84 Å². The van der Waals surface area contributed by atoms with Gasteiger partial charge in [0.2, 0.25) is 9.84 Å². The summed E-state index contributed by atoms with van der Waals surface area (Å²) >= 11 is 3.61. The molecule has 9 heavy (non-hydrogen) atoms. The van der Waals surface area contributed by atoms with Crippen molar-refractivity contribution in [3.05, 3.63) is 18.0 Å². The maximum absolute atomic E-state index is 10.9. The molecule has 0 fully saturated rings. The van der Waals surface area contributed by atoms with Crippen LogP contribution in [0.25, 0.3) is 0 Å². The molecule has 0 saturated heterocycles. The molecule has 1 aliphatic heterocycles. The predicted octanol–water partition coefficient (Wildman–Crippen LogP) is 1.97. The van der Waals surface area contributed by atoms with Crippen LogP contribution in [0.1, 0.15) is 0 Å². The number of rotatable bonds is 0. The minimum Gasteiger partial charge on any atom is -0.218 e. The van der Waals surface area contributed by atoms with Crippen LogP contribution in [-0.4, -0.2) is 8.42 Å². The molecule has 0 unspecified atom stereocenters. The number of sulfone groups is 1. The lowest BCUT2D eigenvalue weighted by atomic mass is 10.6. The predicted molar refractivity (Wildman–Crippen MR) is 53.1 cm³/mol. The first-order chi connectivity index (χ1) is 4.05. The van der Waals surface area contributed by atoms with Gasteiger partial charge < -0.3 is 0 Å². The Morgan fingerprint density at radius 3 is 1.56 bits per heavy atom. The van der Waals surface area contributed by atoms with Crippen LogP contribution in [0.3, 0.4) is 0 Å². The van der Waals surface area contributed by atoms with Gasteiger partial charge in [0.25, 0.3) is 0 Å². The van der Waals surface area contributed by atoms with Gasteiger partial charge in [0.15, 0.2) is 0 Å². The lowest BCUT2D eigenvalue weighted by molar-refractivity contribution is 0.612. The summed E-state index contributed by atoms with van der Waals surface area (Å²) in [6.07, 6.45) is 3.19. The summed E-state index contributed by atoms with van der Waals surface area (Å²) in [6.45, 7) is 0. The third-order valence-electron chi connectivity index (χ3n) is 0.859. The molecule has 0 saturated carbocycles. The van der Waals surface area contributed by atoms with Crippen LogP contribution in [0, 0.1) is 0 Å². The van der Waals surface area contributed by atoms with Crippen LogP contribution in [-0.2, 0) is 9.84 Å². The third kappa shape index (κ3) is 1.32. The number of halogens is 2. The van der Waals surface area contributed by atoms with Crippen molar-refractivity contribution in [3.63, 3.8) is 0 Å². The van der Waals surface area contributed by atoms with E-state index in [0.717, 1.165) is 0 Å². The van der Waals surface area contributed by atoms with E-state index in [1.54, 1.807) is 57.3 Å². The molecular formula is C4H2I2O2S. The zero-order valence-corrected chi connectivity index (χ0v) is 9.27. The van der Waals surface area contributed by atoms with E-state index in [0.29, 0.717) is 5.82 Å². The van der Waals surface area contributed by atoms with Crippen molar-refractivity contribution in [2.45, 2.75) is 0 Å². The van der Waals surface area contributed by atoms with Crippen molar-refractivity contribution in [3.8, 4) is 0 Å². The van der Waals surface area contributed by atoms with Gasteiger partial charge in [-0.1, -0.05) is 0 Å². The number of hydrogen-bond donors (Lipinski definition) is 0. The Morgan fingerprint density at radius 2 is 1.44 bits per heavy atom. The second-order valence-corrected chi connectivity index (χ2v) is 7.12. The Bertz CT molecular complexity index is 262. The normalized spacial score (nSPS) is 23.3. The highest BCUT2D eigenvalue weighted by Crippen LogP contribution is 2.32. The Balaban J connectivity index is 3.29. The molecule has 1 rings (SSSR count). The summed E-state index contributed by atoms with van der Waals surface area (Å²) in [7, 11) is -3.01. The standard InChI is InChI=1S/C4H2I2O2S/c5-3-1-2-4(6)9(3,7)8/h1-2H. The number of allylic oxidation sites excluding steroid dienone is 2. The monoisotopic (exact) mass is 368 g/mol. The molecule has 50 valence electrons. The van der Waals surface area contributed by atoms with Gasteiger partial charge in [-0.05, 0) is 57.3 Å². The molecule has 5 heteroatoms. The van der Waals surface area contributed by atoms with Crippen molar-refractivity contribution in [2.24, 2.45) is 0 Å². The highest BCUT2D eigenvalue weighted by atomic mass is 127. The maximum atomic E-state index is 10.9. The lowest BCUT2D eigenvalue weighted by Crippen LogP contribution is -1.92. The fraction of sp³-hybridized carbons (Fsp3) is 0. The van der Waals surface area contributed by atoms with Crippen molar-refractivity contribution >= 4 is 55.0 Å². The summed E-state index contributed by atoms with van der Waals surface area (Å²) in [6, 6.07) is 0. The van der Waals surface area contributed by atoms with Crippen LogP contribution < -0.4 is 0 Å². The summed E-state index contributed by atoms with van der Waals surface area (Å²) < 4.78 is 22.7. The van der Waals surface area contributed by atoms with Crippen LogP contribution in [0.2, 0.25) is 0 Å². The van der Waals surface area contributed by atoms with Crippen LogP contribution in [0.5, 0.6) is 0 Å². The Kier molecular flexibility index (Phi) is 2.22. The van der Waals surface area contributed by atoms with Gasteiger partial charge >= 0.3 is 0 Å². The van der Waals surface area contributed by atoms with E-state index in [2.05, 4.69) is 0 Å². The van der Waals surface area contributed by atoms with Crippen LogP contribution in [0.15, 0.2) is 18.0 Å². The highest BCUT2D eigenvalue weighted by Gasteiger charge is 2.22. The fourth-order valence-corrected chi connectivity index (χ4v) is 4.13. The molecule has 0 atom stereocenters. The number of hydrogen-bond acceptors (Lipinski definition) is 2. The molecule has 0 radical (unpaired) electrons. The quantitative estimate of drug-likeness (QED) is 0.613. The lowest BCUT2D eigenvalue weighted by Gasteiger charge is -1.90. The minimum atomic E-state index is -3.01. The van der Waals surface area contributed by atoms with Crippen LogP contribution in [0.4, 0.5) is 0 Å². The van der Waals surface area contributed by atoms with Gasteiger partial charge in [0.1, 0.15) is 5.82 Å². The van der Waals surface area contributed by atoms with Crippen molar-refractivity contribution < 1.29 is 8.42 Å². The van der Waals surface area contributed by atoms with Crippen molar-refractivity contribution in [1.82, 2.24) is 0 Å². The van der Waals surface area contributed by atoms with Crippen LogP contribution >= 0.6 is 45.2 Å². The van der Waals surface area contributed by atoms with E-state index in [1.165, 1.54) is 0 Å². The topological polar surface area (TPSA) is 34.1 Å². The molecule has 1 heterocycles. The van der Waals surface area contributed by atoms with E-state index in [9.17, 15) is 8.42 Å². The zero-order valence-electron chi connectivity index (χ0n) is 4.14. The molecule has 0 amide bonds. The average molecular weight is 368 g/mol. The molecule has 0 N–H and O–H groups in total. The Hall–Kier alpha value is 0.890. The average Bonchev–Trinajstić information content (AvgIpc) is 1.96. The molecule has 0 aromatic carbocycles. The van der Waals surface area contributed by atoms with Crippen molar-refractivity contribution in [2.75, 3.05) is 0 Å².